The molecule has 0 saturated carbocycles. The van der Waals surface area contributed by atoms with Gasteiger partial charge in [-0.15, -0.1) is 0 Å². The Morgan fingerprint density at radius 3 is 2.54 bits per heavy atom. The van der Waals surface area contributed by atoms with Crippen LogP contribution in [0.15, 0.2) is 59.0 Å². The maximum absolute atomic E-state index is 13.7. The van der Waals surface area contributed by atoms with Crippen molar-refractivity contribution in [2.24, 2.45) is 5.92 Å². The Labute approximate surface area is 268 Å². The number of ether oxygens (including phenoxy) is 2. The van der Waals surface area contributed by atoms with E-state index in [1.807, 2.05) is 56.9 Å². The minimum atomic E-state index is -3.05. The molecule has 1 aliphatic carbocycles. The molecule has 2 aromatic carbocycles. The molecule has 0 radical (unpaired) electrons. The number of aromatic nitrogens is 1. The summed E-state index contributed by atoms with van der Waals surface area (Å²) in [6.45, 7) is 9.98. The molecule has 3 atom stereocenters. The normalized spacial score (nSPS) is 25.8. The molecule has 2 unspecified atom stereocenters. The van der Waals surface area contributed by atoms with Crippen molar-refractivity contribution in [3.05, 3.63) is 77.2 Å². The highest BCUT2D eigenvalue weighted by atomic mass is 19.3. The molecule has 0 N–H and O–H groups in total. The minimum absolute atomic E-state index is 0.0295. The number of likely N-dealkylation sites (tertiary alicyclic amines) is 1. The van der Waals surface area contributed by atoms with Crippen molar-refractivity contribution in [2.45, 2.75) is 90.1 Å². The van der Waals surface area contributed by atoms with E-state index in [4.69, 9.17) is 28.2 Å². The Morgan fingerprint density at radius 1 is 1.15 bits per heavy atom. The van der Waals surface area contributed by atoms with Gasteiger partial charge in [-0.3, -0.25) is 9.69 Å². The van der Waals surface area contributed by atoms with Gasteiger partial charge in [-0.1, -0.05) is 49.4 Å². The lowest BCUT2D eigenvalue weighted by atomic mass is 9.48. The third kappa shape index (κ3) is 5.46. The first kappa shape index (κ1) is 32.4. The van der Waals surface area contributed by atoms with Crippen LogP contribution in [0.1, 0.15) is 70.0 Å². The van der Waals surface area contributed by atoms with Gasteiger partial charge in [-0.25, -0.2) is 4.98 Å². The van der Waals surface area contributed by atoms with Crippen molar-refractivity contribution in [3.63, 3.8) is 0 Å². The van der Waals surface area contributed by atoms with E-state index in [1.165, 1.54) is 13.2 Å². The monoisotopic (exact) mass is 634 g/mol. The second kappa shape index (κ2) is 11.9. The van der Waals surface area contributed by atoms with Gasteiger partial charge in [-0.2, -0.15) is 8.78 Å². The van der Waals surface area contributed by atoms with Gasteiger partial charge in [0.2, 0.25) is 5.89 Å². The van der Waals surface area contributed by atoms with Gasteiger partial charge in [0.15, 0.2) is 5.58 Å². The lowest BCUT2D eigenvalue weighted by Gasteiger charge is -2.39. The third-order valence-electron chi connectivity index (χ3n) is 10.3. The maximum atomic E-state index is 13.7. The Morgan fingerprint density at radius 2 is 1.87 bits per heavy atom. The maximum Gasteiger partial charge on any atom is 0.478 e. The number of hydrogen-bond acceptors (Lipinski definition) is 8. The van der Waals surface area contributed by atoms with Crippen LogP contribution in [0, 0.1) is 12.8 Å². The zero-order chi connectivity index (χ0) is 33.0. The van der Waals surface area contributed by atoms with Crippen molar-refractivity contribution >= 4 is 29.8 Å². The lowest BCUT2D eigenvalue weighted by molar-refractivity contribution is -0.146. The quantitative estimate of drug-likeness (QED) is 0.193. The van der Waals surface area contributed by atoms with Gasteiger partial charge in [0, 0.05) is 18.2 Å². The second-order valence-electron chi connectivity index (χ2n) is 13.5. The van der Waals surface area contributed by atoms with Crippen molar-refractivity contribution in [1.29, 1.82) is 0 Å². The molecule has 3 aliphatic rings. The van der Waals surface area contributed by atoms with Gasteiger partial charge in [0.1, 0.15) is 22.6 Å². The zero-order valence-electron chi connectivity index (χ0n) is 27.4. The number of benzene rings is 2. The summed E-state index contributed by atoms with van der Waals surface area (Å²) < 4.78 is 57.2. The summed E-state index contributed by atoms with van der Waals surface area (Å²) in [6.07, 6.45) is 7.53. The minimum Gasteiger partial charge on any atom is -0.468 e. The van der Waals surface area contributed by atoms with E-state index < -0.39 is 36.3 Å². The number of hydrogen-bond donors (Lipinski definition) is 0. The van der Waals surface area contributed by atoms with Crippen LogP contribution in [-0.4, -0.2) is 60.5 Å². The molecule has 2 aliphatic heterocycles. The highest BCUT2D eigenvalue weighted by Crippen LogP contribution is 2.52. The molecule has 8 nitrogen and oxygen atoms in total. The predicted molar refractivity (Wildman–Crippen MR) is 171 cm³/mol. The first-order valence-corrected chi connectivity index (χ1v) is 15.8. The summed E-state index contributed by atoms with van der Waals surface area (Å²) in [7, 11) is 0.579. The van der Waals surface area contributed by atoms with Gasteiger partial charge >= 0.3 is 19.7 Å². The van der Waals surface area contributed by atoms with Crippen LogP contribution in [0.2, 0.25) is 0 Å². The van der Waals surface area contributed by atoms with Crippen molar-refractivity contribution in [3.8, 4) is 5.75 Å². The molecular weight excluding hydrogens is 593 g/mol. The molecule has 11 heteroatoms. The first-order valence-electron chi connectivity index (χ1n) is 15.8. The summed E-state index contributed by atoms with van der Waals surface area (Å²) in [5.74, 6) is -0.252. The van der Waals surface area contributed by atoms with Crippen LogP contribution in [-0.2, 0) is 30.7 Å². The van der Waals surface area contributed by atoms with Gasteiger partial charge < -0.3 is 23.2 Å². The molecule has 46 heavy (non-hydrogen) atoms. The molecule has 3 heterocycles. The fraction of sp³-hybridized carbons (Fsp3) is 0.486. The Hall–Kier alpha value is -3.54. The molecule has 3 aromatic rings. The molecule has 2 saturated heterocycles. The number of methoxy groups -OCH3 is 1. The van der Waals surface area contributed by atoms with E-state index in [-0.39, 0.29) is 24.2 Å². The topological polar surface area (TPSA) is 83.3 Å². The summed E-state index contributed by atoms with van der Waals surface area (Å²) in [6, 6.07) is 10.9. The average molecular weight is 635 g/mol. The second-order valence-corrected chi connectivity index (χ2v) is 13.5. The number of carbonyl (C=O) groups is 1. The number of aryl methyl sites for hydroxylation is 1. The Bertz CT molecular complexity index is 1690. The van der Waals surface area contributed by atoms with Crippen LogP contribution in [0.25, 0.3) is 16.7 Å². The van der Waals surface area contributed by atoms with Crippen molar-refractivity contribution < 1.29 is 36.8 Å². The molecule has 1 aromatic heterocycles. The number of allylic oxidation sites excluding steroid dienone is 4. The molecular formula is C35H41BF2N2O6. The van der Waals surface area contributed by atoms with Crippen molar-refractivity contribution in [1.82, 2.24) is 9.88 Å². The molecule has 2 fully saturated rings. The third-order valence-corrected chi connectivity index (χ3v) is 10.3. The average Bonchev–Trinajstić information content (AvgIpc) is 3.68. The predicted octanol–water partition coefficient (Wildman–Crippen LogP) is 7.03. The molecule has 244 valence electrons. The number of halogens is 2. The lowest BCUT2D eigenvalue weighted by Crippen LogP contribution is -2.50. The van der Waals surface area contributed by atoms with Gasteiger partial charge in [0.25, 0.3) is 0 Å². The largest absolute Gasteiger partial charge is 0.478 e. The van der Waals surface area contributed by atoms with Crippen LogP contribution in [0.3, 0.4) is 0 Å². The van der Waals surface area contributed by atoms with E-state index in [2.05, 4.69) is 32.1 Å². The summed E-state index contributed by atoms with van der Waals surface area (Å²) >= 11 is 0. The van der Waals surface area contributed by atoms with E-state index in [0.29, 0.717) is 35.5 Å². The fourth-order valence-electron chi connectivity index (χ4n) is 6.90. The number of oxazole rings is 1. The number of rotatable bonds is 8. The van der Waals surface area contributed by atoms with E-state index in [9.17, 15) is 13.6 Å². The van der Waals surface area contributed by atoms with Crippen LogP contribution in [0.4, 0.5) is 8.78 Å². The summed E-state index contributed by atoms with van der Waals surface area (Å²) in [5.41, 5.74) is 3.27. The van der Waals surface area contributed by atoms with Gasteiger partial charge in [-0.05, 0) is 82.7 Å². The zero-order valence-corrected chi connectivity index (χ0v) is 27.4. The van der Waals surface area contributed by atoms with Crippen LogP contribution < -0.4 is 4.74 Å². The molecule has 0 spiro atoms. The van der Waals surface area contributed by atoms with E-state index in [0.717, 1.165) is 23.1 Å². The number of nitrogens with zero attached hydrogens (tertiary/aromatic N) is 2. The number of carbonyl (C=O) groups excluding carboxylic acids is 1. The fourth-order valence-corrected chi connectivity index (χ4v) is 6.90. The van der Waals surface area contributed by atoms with Gasteiger partial charge in [0.05, 0.1) is 18.3 Å². The standard InChI is InChI=1S/C35H41BF2N2O6/c1-21-12-8-9-13-24(21)25-14-10-16-35(22(25)2,36-45-33(3,4)34(5,6)46-36)31-39-26-18-23(28(44-32(37)38)19-29(26)43-31)20-40-17-11-15-27(40)30(41)42-7/h8-10,12-14,16,18-19,22,27,32H,11,15,17,20H2,1-7H3/t22?,27-,35?/m0/s1. The number of alkyl halides is 2. The Balaban J connectivity index is 1.48. The Kier molecular flexibility index (Phi) is 8.40. The first-order chi connectivity index (χ1) is 21.8. The summed E-state index contributed by atoms with van der Waals surface area (Å²) in [5, 5.41) is -1.01. The molecule has 0 amide bonds. The number of esters is 1. The van der Waals surface area contributed by atoms with Crippen LogP contribution in [0.5, 0.6) is 5.75 Å². The summed E-state index contributed by atoms with van der Waals surface area (Å²) in [4.78, 5) is 19.4. The van der Waals surface area contributed by atoms with Crippen molar-refractivity contribution in [2.75, 3.05) is 13.7 Å². The SMILES string of the molecule is COC(=O)[C@@H]1CCCN1Cc1cc2nc(C3(B4OC(C)(C)C(C)(C)O4)C=CC=C(c4ccccc4C)C3C)oc2cc1OC(F)F. The van der Waals surface area contributed by atoms with Crippen LogP contribution >= 0.6 is 0 Å². The van der Waals surface area contributed by atoms with E-state index >= 15 is 0 Å². The highest BCUT2D eigenvalue weighted by molar-refractivity contribution is 6.51. The highest BCUT2D eigenvalue weighted by Gasteiger charge is 2.64. The van der Waals surface area contributed by atoms with E-state index in [1.54, 1.807) is 6.07 Å². The number of fused-ring (bicyclic) bond motifs is 1. The molecule has 0 bridgehead atoms. The smallest absolute Gasteiger partial charge is 0.468 e. The molecule has 6 rings (SSSR count).